The molecule has 0 saturated carbocycles. The molecule has 1 N–H and O–H groups in total. The molecule has 21 heavy (non-hydrogen) atoms. The van der Waals surface area contributed by atoms with E-state index < -0.39 is 6.04 Å². The van der Waals surface area contributed by atoms with Gasteiger partial charge in [-0.15, -0.1) is 0 Å². The molecule has 0 heterocycles. The van der Waals surface area contributed by atoms with Crippen molar-refractivity contribution < 1.29 is 14.0 Å². The smallest absolute Gasteiger partial charge is 0.242 e. The fraction of sp³-hybridized carbons (Fsp3) is 0.500. The molecule has 1 aromatic carbocycles. The number of hydrogen-bond donors (Lipinski definition) is 1. The van der Waals surface area contributed by atoms with Crippen LogP contribution in [0.15, 0.2) is 24.3 Å². The van der Waals surface area contributed by atoms with Crippen molar-refractivity contribution >= 4 is 11.8 Å². The third kappa shape index (κ3) is 5.53. The average molecular weight is 294 g/mol. The largest absolute Gasteiger partial charge is 0.354 e. The van der Waals surface area contributed by atoms with Crippen molar-refractivity contribution in [3.63, 3.8) is 0 Å². The van der Waals surface area contributed by atoms with Crippen LogP contribution in [0.5, 0.6) is 0 Å². The first-order valence-corrected chi connectivity index (χ1v) is 7.10. The van der Waals surface area contributed by atoms with E-state index in [2.05, 4.69) is 5.32 Å². The van der Waals surface area contributed by atoms with E-state index in [-0.39, 0.29) is 24.2 Å². The van der Waals surface area contributed by atoms with Gasteiger partial charge in [-0.25, -0.2) is 4.39 Å². The van der Waals surface area contributed by atoms with Crippen LogP contribution in [-0.4, -0.2) is 29.3 Å². The molecule has 0 aliphatic heterocycles. The number of carbonyl (C=O) groups excluding carboxylic acids is 2. The Hall–Kier alpha value is -1.91. The maximum Gasteiger partial charge on any atom is 0.242 e. The van der Waals surface area contributed by atoms with Crippen molar-refractivity contribution in [3.8, 4) is 0 Å². The van der Waals surface area contributed by atoms with E-state index in [0.29, 0.717) is 12.5 Å². The Kier molecular flexibility index (Phi) is 6.34. The highest BCUT2D eigenvalue weighted by atomic mass is 19.1. The molecule has 2 amide bonds. The minimum absolute atomic E-state index is 0.180. The number of amides is 2. The van der Waals surface area contributed by atoms with Crippen molar-refractivity contribution in [3.05, 3.63) is 35.6 Å². The maximum absolute atomic E-state index is 12.9. The predicted molar refractivity (Wildman–Crippen MR) is 79.9 cm³/mol. The van der Waals surface area contributed by atoms with Gasteiger partial charge in [-0.1, -0.05) is 26.0 Å². The van der Waals surface area contributed by atoms with Crippen LogP contribution in [0.4, 0.5) is 4.39 Å². The van der Waals surface area contributed by atoms with Gasteiger partial charge in [0, 0.05) is 20.0 Å². The van der Waals surface area contributed by atoms with Crippen LogP contribution in [0.25, 0.3) is 0 Å². The first-order valence-electron chi connectivity index (χ1n) is 7.10. The Balaban J connectivity index is 2.74. The number of benzene rings is 1. The number of halogens is 1. The molecule has 116 valence electrons. The fourth-order valence-corrected chi connectivity index (χ4v) is 1.90. The van der Waals surface area contributed by atoms with Gasteiger partial charge >= 0.3 is 0 Å². The molecule has 0 saturated heterocycles. The molecule has 0 aliphatic rings. The second-order valence-electron chi connectivity index (χ2n) is 5.59. The van der Waals surface area contributed by atoms with E-state index in [9.17, 15) is 14.0 Å². The first-order chi connectivity index (χ1) is 9.81. The van der Waals surface area contributed by atoms with Gasteiger partial charge in [-0.2, -0.15) is 0 Å². The molecule has 1 aromatic rings. The number of hydrogen-bond acceptors (Lipinski definition) is 2. The molecule has 0 aromatic heterocycles. The lowest BCUT2D eigenvalue weighted by atomic mass is 10.1. The third-order valence-corrected chi connectivity index (χ3v) is 3.20. The summed E-state index contributed by atoms with van der Waals surface area (Å²) in [5.41, 5.74) is 0.787. The van der Waals surface area contributed by atoms with E-state index >= 15 is 0 Å². The number of rotatable bonds is 6. The summed E-state index contributed by atoms with van der Waals surface area (Å²) in [7, 11) is 0. The molecular formula is C16H23FN2O2. The molecule has 0 bridgehead atoms. The summed E-state index contributed by atoms with van der Waals surface area (Å²) in [5.74, 6) is -0.340. The molecule has 0 fully saturated rings. The predicted octanol–water partition coefficient (Wildman–Crippen LogP) is 2.33. The third-order valence-electron chi connectivity index (χ3n) is 3.20. The molecule has 0 aliphatic carbocycles. The maximum atomic E-state index is 12.9. The highest BCUT2D eigenvalue weighted by Crippen LogP contribution is 2.10. The van der Waals surface area contributed by atoms with Gasteiger partial charge in [-0.3, -0.25) is 9.59 Å². The van der Waals surface area contributed by atoms with Gasteiger partial charge in [-0.05, 0) is 30.5 Å². The summed E-state index contributed by atoms with van der Waals surface area (Å²) < 4.78 is 12.9. The Bertz CT molecular complexity index is 486. The summed E-state index contributed by atoms with van der Waals surface area (Å²) >= 11 is 0. The van der Waals surface area contributed by atoms with E-state index in [4.69, 9.17) is 0 Å². The molecule has 5 heteroatoms. The van der Waals surface area contributed by atoms with Gasteiger partial charge in [0.2, 0.25) is 11.8 Å². The highest BCUT2D eigenvalue weighted by Gasteiger charge is 2.23. The van der Waals surface area contributed by atoms with Gasteiger partial charge in [0.25, 0.3) is 0 Å². The zero-order valence-electron chi connectivity index (χ0n) is 13.0. The Morgan fingerprint density at radius 1 is 1.19 bits per heavy atom. The fourth-order valence-electron chi connectivity index (χ4n) is 1.90. The summed E-state index contributed by atoms with van der Waals surface area (Å²) in [5, 5.41) is 2.82. The van der Waals surface area contributed by atoms with Gasteiger partial charge in [0.15, 0.2) is 0 Å². The summed E-state index contributed by atoms with van der Waals surface area (Å²) in [4.78, 5) is 25.3. The Labute approximate surface area is 125 Å². The molecular weight excluding hydrogens is 271 g/mol. The van der Waals surface area contributed by atoms with Crippen molar-refractivity contribution in [2.75, 3.05) is 6.54 Å². The van der Waals surface area contributed by atoms with E-state index in [1.807, 2.05) is 13.8 Å². The minimum atomic E-state index is -0.564. The first kappa shape index (κ1) is 17.1. The van der Waals surface area contributed by atoms with Crippen LogP contribution >= 0.6 is 0 Å². The second kappa shape index (κ2) is 7.76. The lowest BCUT2D eigenvalue weighted by molar-refractivity contribution is -0.139. The zero-order chi connectivity index (χ0) is 16.0. The van der Waals surface area contributed by atoms with Gasteiger partial charge in [0.1, 0.15) is 11.9 Å². The highest BCUT2D eigenvalue weighted by molar-refractivity contribution is 5.86. The molecule has 0 radical (unpaired) electrons. The number of carbonyl (C=O) groups is 2. The van der Waals surface area contributed by atoms with Crippen LogP contribution in [0.3, 0.4) is 0 Å². The van der Waals surface area contributed by atoms with Crippen molar-refractivity contribution in [1.82, 2.24) is 10.2 Å². The van der Waals surface area contributed by atoms with Gasteiger partial charge < -0.3 is 10.2 Å². The number of nitrogens with zero attached hydrogens (tertiary/aromatic N) is 1. The van der Waals surface area contributed by atoms with E-state index in [1.165, 1.54) is 24.0 Å². The van der Waals surface area contributed by atoms with Crippen molar-refractivity contribution in [2.45, 2.75) is 40.3 Å². The summed E-state index contributed by atoms with van der Waals surface area (Å²) in [6.45, 7) is 7.99. The summed E-state index contributed by atoms with van der Waals surface area (Å²) in [6, 6.07) is 5.36. The monoisotopic (exact) mass is 294 g/mol. The standard InChI is InChI=1S/C16H23FN2O2/c1-11(2)9-18-16(21)12(3)19(13(4)20)10-14-5-7-15(17)8-6-14/h5-8,11-12H,9-10H2,1-4H3,(H,18,21)/t12-/m0/s1. The lowest BCUT2D eigenvalue weighted by Crippen LogP contribution is -2.47. The van der Waals surface area contributed by atoms with Crippen LogP contribution in [0, 0.1) is 11.7 Å². The van der Waals surface area contributed by atoms with Crippen LogP contribution < -0.4 is 5.32 Å². The van der Waals surface area contributed by atoms with Crippen LogP contribution in [-0.2, 0) is 16.1 Å². The van der Waals surface area contributed by atoms with E-state index in [0.717, 1.165) is 5.56 Å². The quantitative estimate of drug-likeness (QED) is 0.875. The Morgan fingerprint density at radius 3 is 2.24 bits per heavy atom. The minimum Gasteiger partial charge on any atom is -0.354 e. The lowest BCUT2D eigenvalue weighted by Gasteiger charge is -2.27. The Morgan fingerprint density at radius 2 is 1.76 bits per heavy atom. The molecule has 4 nitrogen and oxygen atoms in total. The topological polar surface area (TPSA) is 49.4 Å². The SMILES string of the molecule is CC(=O)N(Cc1ccc(F)cc1)[C@@H](C)C(=O)NCC(C)C. The second-order valence-corrected chi connectivity index (χ2v) is 5.59. The van der Waals surface area contributed by atoms with Crippen LogP contribution in [0.1, 0.15) is 33.3 Å². The van der Waals surface area contributed by atoms with E-state index in [1.54, 1.807) is 19.1 Å². The van der Waals surface area contributed by atoms with Crippen molar-refractivity contribution in [1.29, 1.82) is 0 Å². The van der Waals surface area contributed by atoms with Gasteiger partial charge in [0.05, 0.1) is 0 Å². The molecule has 1 rings (SSSR count). The van der Waals surface area contributed by atoms with Crippen LogP contribution in [0.2, 0.25) is 0 Å². The summed E-state index contributed by atoms with van der Waals surface area (Å²) in [6.07, 6.45) is 0. The molecule has 1 atom stereocenters. The molecule has 0 unspecified atom stereocenters. The zero-order valence-corrected chi connectivity index (χ0v) is 13.0. The number of nitrogens with one attached hydrogen (secondary N) is 1. The normalized spacial score (nSPS) is 12.1. The van der Waals surface area contributed by atoms with Crippen molar-refractivity contribution in [2.24, 2.45) is 5.92 Å². The average Bonchev–Trinajstić information content (AvgIpc) is 2.43. The molecule has 0 spiro atoms.